The number of hydrogen-bond donors (Lipinski definition) is 1. The first-order chi connectivity index (χ1) is 5.74. The predicted octanol–water partition coefficient (Wildman–Crippen LogP) is 0.769. The van der Waals surface area contributed by atoms with Crippen molar-refractivity contribution in [3.05, 3.63) is 35.4 Å². The molecule has 0 unspecified atom stereocenters. The van der Waals surface area contributed by atoms with E-state index in [0.717, 1.165) is 0 Å². The topological polar surface area (TPSA) is 54.4 Å². The zero-order valence-corrected chi connectivity index (χ0v) is 9.70. The van der Waals surface area contributed by atoms with Crippen molar-refractivity contribution in [1.29, 1.82) is 0 Å². The Bertz CT molecular complexity index is 309. The molecule has 3 nitrogen and oxygen atoms in total. The maximum absolute atomic E-state index is 10.3. The first kappa shape index (κ1) is 12.5. The Hall–Kier alpha value is -0.536. The van der Waals surface area contributed by atoms with Crippen LogP contribution in [0.3, 0.4) is 0 Å². The van der Waals surface area contributed by atoms with E-state index in [1.165, 1.54) is 0 Å². The molecule has 1 radical (unpaired) electrons. The van der Waals surface area contributed by atoms with Crippen LogP contribution in [0.15, 0.2) is 24.3 Å². The van der Waals surface area contributed by atoms with Gasteiger partial charge in [-0.2, -0.15) is 6.07 Å². The molecule has 13 heavy (non-hydrogen) atoms. The first-order valence-corrected chi connectivity index (χ1v) is 3.42. The Kier molecular flexibility index (Phi) is 5.75. The number of carbonyl (C=O) groups excluding carboxylic acids is 1. The van der Waals surface area contributed by atoms with Crippen LogP contribution in [0.5, 0.6) is 0 Å². The number of rotatable bonds is 3. The molecule has 0 amide bonds. The quantitative estimate of drug-likeness (QED) is 0.808. The normalized spacial score (nSPS) is 8.62. The molecule has 0 spiro atoms. The van der Waals surface area contributed by atoms with Crippen molar-refractivity contribution in [2.75, 3.05) is 0 Å². The molecule has 0 saturated heterocycles. The van der Waals surface area contributed by atoms with Gasteiger partial charge in [-0.05, 0) is 0 Å². The van der Waals surface area contributed by atoms with Crippen LogP contribution in [0, 0.1) is 0 Å². The molecule has 0 bridgehead atoms. The summed E-state index contributed by atoms with van der Waals surface area (Å²) >= 11 is 0. The Balaban J connectivity index is 0.00000144. The second-order valence-electron chi connectivity index (χ2n) is 2.33. The fourth-order valence-electron chi connectivity index (χ4n) is 0.937. The predicted molar refractivity (Wildman–Crippen MR) is 42.6 cm³/mol. The van der Waals surface area contributed by atoms with E-state index in [4.69, 9.17) is 5.11 Å². The van der Waals surface area contributed by atoms with E-state index < -0.39 is 5.97 Å². The van der Waals surface area contributed by atoms with E-state index in [9.17, 15) is 9.59 Å². The van der Waals surface area contributed by atoms with Gasteiger partial charge in [0.1, 0.15) is 0 Å². The van der Waals surface area contributed by atoms with Crippen LogP contribution < -0.4 is 0 Å². The van der Waals surface area contributed by atoms with Gasteiger partial charge in [0.05, 0.1) is 6.29 Å². The molecule has 1 aromatic rings. The molecule has 1 aromatic carbocycles. The maximum Gasteiger partial charge on any atom is 0.296 e. The number of benzene rings is 1. The van der Waals surface area contributed by atoms with Gasteiger partial charge in [-0.25, -0.2) is 0 Å². The number of carboxylic acid groups (broad SMARTS) is 1. The monoisotopic (exact) mass is 252 g/mol. The summed E-state index contributed by atoms with van der Waals surface area (Å²) in [6.07, 6.45) is 1.55. The maximum atomic E-state index is 10.3. The number of hydrogen-bond acceptors (Lipinski definition) is 2. The molecule has 0 aliphatic rings. The van der Waals surface area contributed by atoms with Crippen LogP contribution in [0.2, 0.25) is 0 Å². The van der Waals surface area contributed by atoms with Crippen LogP contribution in [-0.2, 0) is 48.7 Å². The fraction of sp³-hybridized carbons (Fsp3) is 0.111. The molecule has 0 aliphatic heterocycles. The molecule has 0 heterocycles. The largest absolute Gasteiger partial charge is 0.482 e. The summed E-state index contributed by atoms with van der Waals surface area (Å²) < 4.78 is 0. The summed E-state index contributed by atoms with van der Waals surface area (Å²) in [5.41, 5.74) is 0.819. The zero-order valence-electron chi connectivity index (χ0n) is 6.86. The second-order valence-corrected chi connectivity index (χ2v) is 2.33. The average molecular weight is 252 g/mol. The number of aliphatic carboxylic acids is 1. The van der Waals surface area contributed by atoms with Gasteiger partial charge in [-0.3, -0.25) is 4.79 Å². The molecule has 1 rings (SSSR count). The van der Waals surface area contributed by atoms with Gasteiger partial charge in [0, 0.05) is 39.1 Å². The minimum Gasteiger partial charge on any atom is -0.482 e. The van der Waals surface area contributed by atoms with E-state index in [-0.39, 0.29) is 39.1 Å². The number of carbonyl (C=O) groups is 1. The van der Waals surface area contributed by atoms with Crippen molar-refractivity contribution >= 4 is 12.3 Å². The molecule has 0 fully saturated rings. The summed E-state index contributed by atoms with van der Waals surface area (Å²) in [5, 5.41) is 8.46. The summed E-state index contributed by atoms with van der Waals surface area (Å²) in [4.78, 5) is 20.6. The zero-order chi connectivity index (χ0) is 8.97. The Morgan fingerprint density at radius 2 is 2.00 bits per heavy atom. The smallest absolute Gasteiger partial charge is 0.296 e. The van der Waals surface area contributed by atoms with Gasteiger partial charge in [0.25, 0.3) is 5.97 Å². The fourth-order valence-corrected chi connectivity index (χ4v) is 0.937. The van der Waals surface area contributed by atoms with Crippen LogP contribution >= 0.6 is 0 Å². The van der Waals surface area contributed by atoms with Crippen LogP contribution in [0.25, 0.3) is 0 Å². The van der Waals surface area contributed by atoms with E-state index in [1.54, 1.807) is 30.6 Å². The second kappa shape index (κ2) is 6.00. The molecule has 0 atom stereocenters. The van der Waals surface area contributed by atoms with E-state index in [0.29, 0.717) is 11.1 Å². The molecule has 0 saturated carbocycles. The van der Waals surface area contributed by atoms with Crippen LogP contribution in [0.1, 0.15) is 11.1 Å². The van der Waals surface area contributed by atoms with E-state index in [2.05, 4.69) is 0 Å². The molecule has 1 N–H and O–H groups in total. The van der Waals surface area contributed by atoms with Crippen molar-refractivity contribution in [3.63, 3.8) is 0 Å². The third-order valence-corrected chi connectivity index (χ3v) is 1.47. The third-order valence-electron chi connectivity index (χ3n) is 1.47. The summed E-state index contributed by atoms with van der Waals surface area (Å²) in [5.74, 6) is -0.947. The van der Waals surface area contributed by atoms with Gasteiger partial charge < -0.3 is 9.90 Å². The molecule has 65 valence electrons. The van der Waals surface area contributed by atoms with Crippen molar-refractivity contribution in [3.8, 4) is 0 Å². The van der Waals surface area contributed by atoms with Crippen molar-refractivity contribution in [2.45, 2.75) is 6.42 Å². The van der Waals surface area contributed by atoms with Gasteiger partial charge in [0.2, 0.25) is 0 Å². The van der Waals surface area contributed by atoms with Crippen LogP contribution in [0.4, 0.5) is 0 Å². The summed E-state index contributed by atoms with van der Waals surface area (Å²) in [6.45, 7) is 0. The van der Waals surface area contributed by atoms with Crippen LogP contribution in [-0.4, -0.2) is 17.4 Å². The van der Waals surface area contributed by atoms with Gasteiger partial charge >= 0.3 is 0 Å². The Morgan fingerprint density at radius 1 is 1.38 bits per heavy atom. The van der Waals surface area contributed by atoms with Gasteiger partial charge in [0.15, 0.2) is 0 Å². The van der Waals surface area contributed by atoms with Gasteiger partial charge in [-0.15, -0.1) is 23.3 Å². The van der Waals surface area contributed by atoms with E-state index >= 15 is 0 Å². The van der Waals surface area contributed by atoms with E-state index in [1.807, 2.05) is 0 Å². The van der Waals surface area contributed by atoms with Crippen molar-refractivity contribution in [1.82, 2.24) is 0 Å². The molecule has 0 aromatic heterocycles. The Morgan fingerprint density at radius 3 is 2.54 bits per heavy atom. The number of carboxylic acids is 1. The minimum absolute atomic E-state index is 0. The Labute approximate surface area is 101 Å². The molecule has 4 heteroatoms. The first-order valence-electron chi connectivity index (χ1n) is 3.42. The molecular weight excluding hydrogens is 245 g/mol. The van der Waals surface area contributed by atoms with Crippen molar-refractivity contribution < 1.29 is 47.4 Å². The SMILES string of the molecule is O=[C-]c1ccccc1CC(=O)O.[Y]. The average Bonchev–Trinajstić information content (AvgIpc) is 2.04. The molecule has 0 aliphatic carbocycles. The van der Waals surface area contributed by atoms with Crippen molar-refractivity contribution in [2.24, 2.45) is 0 Å². The summed E-state index contributed by atoms with van der Waals surface area (Å²) in [7, 11) is 0. The minimum atomic E-state index is -0.947. The third kappa shape index (κ3) is 3.79. The van der Waals surface area contributed by atoms with Gasteiger partial charge in [-0.1, -0.05) is 6.07 Å². The standard InChI is InChI=1S/C9H7O3.Y/c10-6-8-4-2-1-3-7(8)5-9(11)12;/h1-4H,5H2,(H,11,12);/q-1;. The molecular formula is C9H7O3Y-. The summed E-state index contributed by atoms with van der Waals surface area (Å²) in [6, 6.07) is 6.52.